The first-order valence-electron chi connectivity index (χ1n) is 6.78. The van der Waals surface area contributed by atoms with Crippen molar-refractivity contribution < 1.29 is 9.53 Å². The Morgan fingerprint density at radius 1 is 1.33 bits per heavy atom. The van der Waals surface area contributed by atoms with E-state index in [4.69, 9.17) is 4.74 Å². The number of hydrogen-bond acceptors (Lipinski definition) is 4. The highest BCUT2D eigenvalue weighted by Crippen LogP contribution is 2.39. The van der Waals surface area contributed by atoms with E-state index >= 15 is 0 Å². The maximum atomic E-state index is 12.0. The van der Waals surface area contributed by atoms with Gasteiger partial charge in [0.15, 0.2) is 0 Å². The second-order valence-corrected chi connectivity index (χ2v) is 5.66. The molecule has 0 N–H and O–H groups in total. The normalized spacial score (nSPS) is 15.8. The lowest BCUT2D eigenvalue weighted by Gasteiger charge is -2.16. The van der Waals surface area contributed by atoms with Gasteiger partial charge in [-0.1, -0.05) is 30.8 Å². The van der Waals surface area contributed by atoms with Crippen molar-refractivity contribution in [3.05, 3.63) is 58.3 Å². The van der Waals surface area contributed by atoms with Gasteiger partial charge < -0.3 is 4.74 Å². The Balaban J connectivity index is 2.09. The summed E-state index contributed by atoms with van der Waals surface area (Å²) in [5.74, 6) is -0.389. The highest BCUT2D eigenvalue weighted by Gasteiger charge is 2.26. The third-order valence-electron chi connectivity index (χ3n) is 3.45. The second-order valence-electron chi connectivity index (χ2n) is 4.71. The van der Waals surface area contributed by atoms with Crippen molar-refractivity contribution in [3.8, 4) is 11.1 Å². The van der Waals surface area contributed by atoms with Crippen LogP contribution >= 0.6 is 11.3 Å². The molecule has 21 heavy (non-hydrogen) atoms. The largest absolute Gasteiger partial charge is 0.463 e. The van der Waals surface area contributed by atoms with Crippen LogP contribution in [0.25, 0.3) is 11.1 Å². The van der Waals surface area contributed by atoms with Crippen LogP contribution in [0.15, 0.2) is 52.9 Å². The fraction of sp³-hybridized carbons (Fsp3) is 0.176. The van der Waals surface area contributed by atoms with Crippen LogP contribution in [0.1, 0.15) is 23.4 Å². The number of ether oxygens (including phenoxy) is 1. The van der Waals surface area contributed by atoms with E-state index in [9.17, 15) is 4.79 Å². The monoisotopic (exact) mass is 297 g/mol. The summed E-state index contributed by atoms with van der Waals surface area (Å²) in [6.45, 7) is 6.02. The lowest BCUT2D eigenvalue weighted by Crippen LogP contribution is -2.13. The molecule has 1 aromatic carbocycles. The highest BCUT2D eigenvalue weighted by atomic mass is 32.1. The lowest BCUT2D eigenvalue weighted by molar-refractivity contribution is -0.138. The minimum absolute atomic E-state index is 0.337. The van der Waals surface area contributed by atoms with Gasteiger partial charge in [0.05, 0.1) is 17.1 Å². The number of hydrogen-bond donors (Lipinski definition) is 0. The number of carbonyl (C=O) groups is 1. The van der Waals surface area contributed by atoms with Crippen LogP contribution in [0, 0.1) is 0 Å². The minimum atomic E-state index is -0.389. The molecular formula is C17H15NO2S. The summed E-state index contributed by atoms with van der Waals surface area (Å²) in [5, 5.41) is 2.05. The predicted octanol–water partition coefficient (Wildman–Crippen LogP) is 4.01. The number of benzene rings is 1. The summed E-state index contributed by atoms with van der Waals surface area (Å²) in [6.07, 6.45) is 1.83. The Morgan fingerprint density at radius 3 is 2.95 bits per heavy atom. The molecule has 1 aliphatic heterocycles. The quantitative estimate of drug-likeness (QED) is 0.634. The summed E-state index contributed by atoms with van der Waals surface area (Å²) in [4.78, 5) is 17.6. The van der Waals surface area contributed by atoms with Crippen LogP contribution < -0.4 is 0 Å². The number of aliphatic imine (C=N–C) groups is 1. The van der Waals surface area contributed by atoms with Gasteiger partial charge in [0.2, 0.25) is 0 Å². The van der Waals surface area contributed by atoms with Gasteiger partial charge in [-0.25, -0.2) is 4.79 Å². The summed E-state index contributed by atoms with van der Waals surface area (Å²) in [5.41, 5.74) is 3.61. The molecule has 4 heteroatoms. The van der Waals surface area contributed by atoms with Crippen LogP contribution in [-0.4, -0.2) is 18.8 Å². The van der Waals surface area contributed by atoms with Crippen LogP contribution in [0.4, 0.5) is 0 Å². The van der Waals surface area contributed by atoms with Gasteiger partial charge in [0.1, 0.15) is 6.04 Å². The van der Waals surface area contributed by atoms with E-state index in [-0.39, 0.29) is 12.0 Å². The molecule has 2 aromatic rings. The highest BCUT2D eigenvalue weighted by molar-refractivity contribution is 7.12. The molecule has 106 valence electrons. The SMILES string of the molecule is C=C(C(=O)OCC)C1N=Cc2sccc2-c2ccccc21. The van der Waals surface area contributed by atoms with Crippen molar-refractivity contribution in [2.24, 2.45) is 4.99 Å². The molecule has 3 rings (SSSR count). The number of fused-ring (bicyclic) bond motifs is 3. The Morgan fingerprint density at radius 2 is 2.14 bits per heavy atom. The summed E-state index contributed by atoms with van der Waals surface area (Å²) < 4.78 is 5.06. The number of nitrogens with zero attached hydrogens (tertiary/aromatic N) is 1. The fourth-order valence-electron chi connectivity index (χ4n) is 2.46. The van der Waals surface area contributed by atoms with Gasteiger partial charge in [-0.05, 0) is 29.5 Å². The molecule has 1 atom stereocenters. The molecule has 0 amide bonds. The molecule has 0 bridgehead atoms. The van der Waals surface area contributed by atoms with Crippen molar-refractivity contribution in [1.82, 2.24) is 0 Å². The van der Waals surface area contributed by atoms with E-state index < -0.39 is 0 Å². The first kappa shape index (κ1) is 13.8. The molecule has 0 fully saturated rings. The van der Waals surface area contributed by atoms with E-state index in [1.165, 1.54) is 0 Å². The molecule has 0 aliphatic carbocycles. The average molecular weight is 297 g/mol. The van der Waals surface area contributed by atoms with Crippen molar-refractivity contribution in [2.75, 3.05) is 6.61 Å². The molecule has 2 heterocycles. The van der Waals surface area contributed by atoms with E-state index in [1.54, 1.807) is 18.3 Å². The lowest BCUT2D eigenvalue weighted by atomic mass is 9.93. The van der Waals surface area contributed by atoms with E-state index in [2.05, 4.69) is 23.7 Å². The summed E-state index contributed by atoms with van der Waals surface area (Å²) in [7, 11) is 0. The van der Waals surface area contributed by atoms with Crippen LogP contribution in [0.3, 0.4) is 0 Å². The molecule has 0 saturated heterocycles. The first-order chi connectivity index (χ1) is 10.2. The van der Waals surface area contributed by atoms with Gasteiger partial charge in [0.25, 0.3) is 0 Å². The number of carbonyl (C=O) groups excluding carboxylic acids is 1. The molecule has 1 aromatic heterocycles. The van der Waals surface area contributed by atoms with Gasteiger partial charge in [-0.15, -0.1) is 11.3 Å². The Bertz CT molecular complexity index is 730. The zero-order valence-corrected chi connectivity index (χ0v) is 12.5. The van der Waals surface area contributed by atoms with E-state index in [0.29, 0.717) is 12.2 Å². The van der Waals surface area contributed by atoms with E-state index in [0.717, 1.165) is 21.6 Å². The topological polar surface area (TPSA) is 38.7 Å². The predicted molar refractivity (Wildman–Crippen MR) is 85.9 cm³/mol. The first-order valence-corrected chi connectivity index (χ1v) is 7.66. The maximum Gasteiger partial charge on any atom is 0.335 e. The van der Waals surface area contributed by atoms with E-state index in [1.807, 2.05) is 29.8 Å². The fourth-order valence-corrected chi connectivity index (χ4v) is 3.24. The maximum absolute atomic E-state index is 12.0. The van der Waals surface area contributed by atoms with Crippen LogP contribution in [0.2, 0.25) is 0 Å². The third-order valence-corrected chi connectivity index (χ3v) is 4.30. The Labute approximate surface area is 127 Å². The zero-order chi connectivity index (χ0) is 14.8. The van der Waals surface area contributed by atoms with Crippen molar-refractivity contribution in [2.45, 2.75) is 13.0 Å². The standard InChI is InChI=1S/C17H15NO2S/c1-3-20-17(19)11(2)16-14-7-5-4-6-12(14)13-8-9-21-15(13)10-18-16/h4-10,16H,2-3H2,1H3. The zero-order valence-electron chi connectivity index (χ0n) is 11.7. The number of rotatable bonds is 3. The average Bonchev–Trinajstić information content (AvgIpc) is 2.90. The molecule has 0 saturated carbocycles. The number of esters is 1. The third kappa shape index (κ3) is 2.43. The molecule has 1 unspecified atom stereocenters. The molecular weight excluding hydrogens is 282 g/mol. The molecule has 3 nitrogen and oxygen atoms in total. The van der Waals surface area contributed by atoms with Crippen molar-refractivity contribution >= 4 is 23.5 Å². The molecule has 0 spiro atoms. The van der Waals surface area contributed by atoms with Crippen LogP contribution in [0.5, 0.6) is 0 Å². The number of thiophene rings is 1. The van der Waals surface area contributed by atoms with Gasteiger partial charge >= 0.3 is 5.97 Å². The Hall–Kier alpha value is -2.20. The molecule has 1 aliphatic rings. The minimum Gasteiger partial charge on any atom is -0.463 e. The van der Waals surface area contributed by atoms with Crippen molar-refractivity contribution in [1.29, 1.82) is 0 Å². The second kappa shape index (κ2) is 5.66. The van der Waals surface area contributed by atoms with Crippen LogP contribution in [-0.2, 0) is 9.53 Å². The smallest absolute Gasteiger partial charge is 0.335 e. The van der Waals surface area contributed by atoms with Gasteiger partial charge in [-0.2, -0.15) is 0 Å². The Kier molecular flexibility index (Phi) is 3.71. The molecule has 0 radical (unpaired) electrons. The summed E-state index contributed by atoms with van der Waals surface area (Å²) >= 11 is 1.64. The van der Waals surface area contributed by atoms with Gasteiger partial charge in [0, 0.05) is 11.8 Å². The van der Waals surface area contributed by atoms with Crippen molar-refractivity contribution in [3.63, 3.8) is 0 Å². The summed E-state index contributed by atoms with van der Waals surface area (Å²) in [6, 6.07) is 9.70. The van der Waals surface area contributed by atoms with Gasteiger partial charge in [-0.3, -0.25) is 4.99 Å².